The maximum Gasteiger partial charge on any atom is 0.239 e. The Bertz CT molecular complexity index is 286. The van der Waals surface area contributed by atoms with E-state index >= 15 is 0 Å². The van der Waals surface area contributed by atoms with Crippen LogP contribution < -0.4 is 5.32 Å². The average Bonchev–Trinajstić information content (AvgIpc) is 2.97. The van der Waals surface area contributed by atoms with Crippen molar-refractivity contribution in [3.05, 3.63) is 0 Å². The number of amides is 1. The molecule has 2 rings (SSSR count). The molecule has 1 amide bonds. The number of carbonyl (C=O) groups excluding carboxylic acids is 1. The van der Waals surface area contributed by atoms with E-state index < -0.39 is 0 Å². The van der Waals surface area contributed by atoms with Crippen LogP contribution in [0, 0.1) is 0 Å². The summed E-state index contributed by atoms with van der Waals surface area (Å²) < 4.78 is 5.64. The standard InChI is InChI=1S/C14H27N3O2/c1-3-16(11-13-5-4-10-19-13)14(18)12(2)17-8-6-15-7-9-17/h12-13,15H,3-11H2,1-2H3. The maximum atomic E-state index is 12.6. The van der Waals surface area contributed by atoms with E-state index in [0.29, 0.717) is 0 Å². The summed E-state index contributed by atoms with van der Waals surface area (Å²) in [6, 6.07) is -0.0107. The minimum atomic E-state index is -0.0107. The van der Waals surface area contributed by atoms with E-state index in [2.05, 4.69) is 17.1 Å². The first-order valence-electron chi connectivity index (χ1n) is 7.57. The van der Waals surface area contributed by atoms with Gasteiger partial charge in [-0.3, -0.25) is 9.69 Å². The first-order valence-corrected chi connectivity index (χ1v) is 7.57. The van der Waals surface area contributed by atoms with Crippen LogP contribution >= 0.6 is 0 Å². The number of hydrogen-bond acceptors (Lipinski definition) is 4. The van der Waals surface area contributed by atoms with Crippen LogP contribution in [0.3, 0.4) is 0 Å². The van der Waals surface area contributed by atoms with Gasteiger partial charge in [-0.05, 0) is 26.7 Å². The fourth-order valence-corrected chi connectivity index (χ4v) is 2.90. The summed E-state index contributed by atoms with van der Waals surface area (Å²) in [6.07, 6.45) is 2.47. The fraction of sp³-hybridized carbons (Fsp3) is 0.929. The summed E-state index contributed by atoms with van der Waals surface area (Å²) in [7, 11) is 0. The van der Waals surface area contributed by atoms with Crippen molar-refractivity contribution in [1.82, 2.24) is 15.1 Å². The number of nitrogens with zero attached hydrogens (tertiary/aromatic N) is 2. The van der Waals surface area contributed by atoms with Gasteiger partial charge >= 0.3 is 0 Å². The number of nitrogens with one attached hydrogen (secondary N) is 1. The summed E-state index contributed by atoms with van der Waals surface area (Å²) in [5.74, 6) is 0.250. The van der Waals surface area contributed by atoms with Crippen molar-refractivity contribution in [1.29, 1.82) is 0 Å². The Kier molecular flexibility index (Phi) is 5.60. The van der Waals surface area contributed by atoms with Gasteiger partial charge in [-0.2, -0.15) is 0 Å². The monoisotopic (exact) mass is 269 g/mol. The molecule has 110 valence electrons. The second-order valence-electron chi connectivity index (χ2n) is 5.47. The Balaban J connectivity index is 1.86. The van der Waals surface area contributed by atoms with Gasteiger partial charge in [0.2, 0.25) is 5.91 Å². The molecule has 0 aromatic heterocycles. The van der Waals surface area contributed by atoms with Gasteiger partial charge in [-0.25, -0.2) is 0 Å². The third kappa shape index (κ3) is 3.91. The molecule has 2 atom stereocenters. The average molecular weight is 269 g/mol. The minimum Gasteiger partial charge on any atom is -0.376 e. The lowest BCUT2D eigenvalue weighted by atomic mass is 10.2. The van der Waals surface area contributed by atoms with Gasteiger partial charge in [0, 0.05) is 45.9 Å². The molecule has 0 aromatic carbocycles. The minimum absolute atomic E-state index is 0.0107. The molecule has 0 aliphatic carbocycles. The molecular weight excluding hydrogens is 242 g/mol. The number of hydrogen-bond donors (Lipinski definition) is 1. The van der Waals surface area contributed by atoms with Crippen molar-refractivity contribution in [2.75, 3.05) is 45.9 Å². The summed E-state index contributed by atoms with van der Waals surface area (Å²) in [5, 5.41) is 3.32. The smallest absolute Gasteiger partial charge is 0.239 e. The van der Waals surface area contributed by atoms with Crippen LogP contribution in [-0.2, 0) is 9.53 Å². The summed E-state index contributed by atoms with van der Waals surface area (Å²) in [6.45, 7) is 10.4. The number of likely N-dealkylation sites (N-methyl/N-ethyl adjacent to an activating group) is 1. The summed E-state index contributed by atoms with van der Waals surface area (Å²) in [5.41, 5.74) is 0. The lowest BCUT2D eigenvalue weighted by Gasteiger charge is -2.35. The summed E-state index contributed by atoms with van der Waals surface area (Å²) >= 11 is 0. The van der Waals surface area contributed by atoms with Gasteiger partial charge in [-0.15, -0.1) is 0 Å². The van der Waals surface area contributed by atoms with Crippen LogP contribution in [-0.4, -0.2) is 73.7 Å². The zero-order valence-electron chi connectivity index (χ0n) is 12.2. The third-order valence-corrected chi connectivity index (χ3v) is 4.20. The van der Waals surface area contributed by atoms with Crippen molar-refractivity contribution >= 4 is 5.91 Å². The molecule has 19 heavy (non-hydrogen) atoms. The normalized spacial score (nSPS) is 26.3. The third-order valence-electron chi connectivity index (χ3n) is 4.20. The van der Waals surface area contributed by atoms with Crippen LogP contribution in [0.2, 0.25) is 0 Å². The second-order valence-corrected chi connectivity index (χ2v) is 5.47. The molecule has 2 aliphatic heterocycles. The van der Waals surface area contributed by atoms with Gasteiger partial charge in [0.25, 0.3) is 0 Å². The fourth-order valence-electron chi connectivity index (χ4n) is 2.90. The highest BCUT2D eigenvalue weighted by Gasteiger charge is 2.28. The predicted octanol–water partition coefficient (Wildman–Crippen LogP) is 0.308. The molecule has 2 unspecified atom stereocenters. The maximum absolute atomic E-state index is 12.6. The molecule has 0 aromatic rings. The van der Waals surface area contributed by atoms with Gasteiger partial charge in [0.1, 0.15) is 0 Å². The summed E-state index contributed by atoms with van der Waals surface area (Å²) in [4.78, 5) is 16.8. The molecule has 2 fully saturated rings. The second kappa shape index (κ2) is 7.22. The highest BCUT2D eigenvalue weighted by Crippen LogP contribution is 2.14. The topological polar surface area (TPSA) is 44.8 Å². The van der Waals surface area contributed by atoms with E-state index in [-0.39, 0.29) is 18.1 Å². The lowest BCUT2D eigenvalue weighted by Crippen LogP contribution is -2.54. The van der Waals surface area contributed by atoms with Crippen molar-refractivity contribution in [2.45, 2.75) is 38.8 Å². The van der Waals surface area contributed by atoms with Crippen LogP contribution in [0.1, 0.15) is 26.7 Å². The molecule has 1 N–H and O–H groups in total. The largest absolute Gasteiger partial charge is 0.376 e. The zero-order valence-corrected chi connectivity index (χ0v) is 12.2. The van der Waals surface area contributed by atoms with Crippen LogP contribution in [0.4, 0.5) is 0 Å². The molecule has 2 heterocycles. The van der Waals surface area contributed by atoms with Gasteiger partial charge < -0.3 is 15.0 Å². The molecule has 0 radical (unpaired) electrons. The quantitative estimate of drug-likeness (QED) is 0.780. The van der Waals surface area contributed by atoms with Crippen LogP contribution in [0.5, 0.6) is 0 Å². The van der Waals surface area contributed by atoms with Crippen molar-refractivity contribution in [3.63, 3.8) is 0 Å². The van der Waals surface area contributed by atoms with Crippen LogP contribution in [0.25, 0.3) is 0 Å². The van der Waals surface area contributed by atoms with E-state index in [4.69, 9.17) is 4.74 Å². The molecule has 5 nitrogen and oxygen atoms in total. The Morgan fingerprint density at radius 1 is 1.47 bits per heavy atom. The highest BCUT2D eigenvalue weighted by atomic mass is 16.5. The molecule has 5 heteroatoms. The molecule has 0 saturated carbocycles. The molecule has 0 bridgehead atoms. The SMILES string of the molecule is CCN(CC1CCCO1)C(=O)C(C)N1CCNCC1. The molecule has 2 aliphatic rings. The first kappa shape index (κ1) is 14.8. The molecular formula is C14H27N3O2. The van der Waals surface area contributed by atoms with E-state index in [0.717, 1.165) is 58.7 Å². The van der Waals surface area contributed by atoms with Gasteiger partial charge in [0.05, 0.1) is 12.1 Å². The lowest BCUT2D eigenvalue weighted by molar-refractivity contribution is -0.138. The molecule has 0 spiro atoms. The number of carbonyl (C=O) groups is 1. The first-order chi connectivity index (χ1) is 9.22. The number of piperazine rings is 1. The Morgan fingerprint density at radius 3 is 2.79 bits per heavy atom. The van der Waals surface area contributed by atoms with Crippen LogP contribution in [0.15, 0.2) is 0 Å². The van der Waals surface area contributed by atoms with Crippen molar-refractivity contribution < 1.29 is 9.53 Å². The molecule has 2 saturated heterocycles. The van der Waals surface area contributed by atoms with Crippen molar-refractivity contribution in [3.8, 4) is 0 Å². The predicted molar refractivity (Wildman–Crippen MR) is 75.1 cm³/mol. The Hall–Kier alpha value is -0.650. The van der Waals surface area contributed by atoms with Gasteiger partial charge in [0.15, 0.2) is 0 Å². The number of ether oxygens (including phenoxy) is 1. The van der Waals surface area contributed by atoms with E-state index in [1.807, 2.05) is 11.8 Å². The van der Waals surface area contributed by atoms with E-state index in [9.17, 15) is 4.79 Å². The highest BCUT2D eigenvalue weighted by molar-refractivity contribution is 5.81. The van der Waals surface area contributed by atoms with Crippen molar-refractivity contribution in [2.24, 2.45) is 0 Å². The van der Waals surface area contributed by atoms with Gasteiger partial charge in [-0.1, -0.05) is 0 Å². The zero-order chi connectivity index (χ0) is 13.7. The Labute approximate surface area is 116 Å². The van der Waals surface area contributed by atoms with E-state index in [1.54, 1.807) is 0 Å². The van der Waals surface area contributed by atoms with E-state index in [1.165, 1.54) is 0 Å². The number of rotatable bonds is 5. The Morgan fingerprint density at radius 2 is 2.21 bits per heavy atom.